The van der Waals surface area contributed by atoms with Crippen molar-refractivity contribution in [3.63, 3.8) is 0 Å². The van der Waals surface area contributed by atoms with Crippen LogP contribution in [0.25, 0.3) is 22.4 Å². The molecule has 0 aliphatic rings. The molecule has 20 heavy (non-hydrogen) atoms. The molecule has 0 saturated carbocycles. The van der Waals surface area contributed by atoms with Gasteiger partial charge in [0.2, 0.25) is 0 Å². The summed E-state index contributed by atoms with van der Waals surface area (Å²) in [5, 5.41) is 7.67. The minimum absolute atomic E-state index is 0.433. The maximum Gasteiger partial charge on any atom is 0.153 e. The summed E-state index contributed by atoms with van der Waals surface area (Å²) < 4.78 is 0.825. The Hall–Kier alpha value is -1.85. The van der Waals surface area contributed by atoms with E-state index in [1.54, 1.807) is 12.4 Å². The number of rotatable bonds is 2. The van der Waals surface area contributed by atoms with Crippen molar-refractivity contribution in [2.24, 2.45) is 0 Å². The van der Waals surface area contributed by atoms with Crippen molar-refractivity contribution in [3.8, 4) is 22.4 Å². The molecule has 0 spiro atoms. The van der Waals surface area contributed by atoms with Crippen LogP contribution in [0.1, 0.15) is 0 Å². The van der Waals surface area contributed by atoms with E-state index in [0.717, 1.165) is 26.9 Å². The Morgan fingerprint density at radius 2 is 1.90 bits per heavy atom. The van der Waals surface area contributed by atoms with E-state index in [-0.39, 0.29) is 0 Å². The van der Waals surface area contributed by atoms with Crippen LogP contribution in [0.3, 0.4) is 0 Å². The molecule has 0 radical (unpaired) electrons. The molecule has 0 bridgehead atoms. The average molecular weight is 350 g/mol. The summed E-state index contributed by atoms with van der Waals surface area (Å²) in [4.78, 5) is 4.01. The molecule has 0 saturated heterocycles. The van der Waals surface area contributed by atoms with Crippen LogP contribution >= 0.6 is 27.5 Å². The van der Waals surface area contributed by atoms with Gasteiger partial charge in [0.1, 0.15) is 0 Å². The molecule has 4 nitrogen and oxygen atoms in total. The van der Waals surface area contributed by atoms with Gasteiger partial charge in [-0.1, -0.05) is 23.7 Å². The Morgan fingerprint density at radius 1 is 1.15 bits per heavy atom. The summed E-state index contributed by atoms with van der Waals surface area (Å²) in [7, 11) is 0. The Bertz CT molecular complexity index is 755. The van der Waals surface area contributed by atoms with Crippen LogP contribution in [0.5, 0.6) is 0 Å². The SMILES string of the molecule is Nc1n[nH]c(-c2cccc(Br)c2Cl)c1-c1ccncc1. The van der Waals surface area contributed by atoms with Gasteiger partial charge in [0, 0.05) is 22.4 Å². The van der Waals surface area contributed by atoms with Gasteiger partial charge in [-0.3, -0.25) is 10.1 Å². The molecule has 100 valence electrons. The number of nitrogens with one attached hydrogen (secondary N) is 1. The maximum atomic E-state index is 6.35. The predicted molar refractivity (Wildman–Crippen MR) is 84.4 cm³/mol. The molecular formula is C14H10BrClN4. The Balaban J connectivity index is 2.24. The Labute approximate surface area is 129 Å². The highest BCUT2D eigenvalue weighted by Gasteiger charge is 2.17. The number of hydrogen-bond acceptors (Lipinski definition) is 3. The molecule has 0 atom stereocenters. The summed E-state index contributed by atoms with van der Waals surface area (Å²) in [5.41, 5.74) is 9.39. The van der Waals surface area contributed by atoms with E-state index in [9.17, 15) is 0 Å². The lowest BCUT2D eigenvalue weighted by Gasteiger charge is -2.07. The molecule has 0 fully saturated rings. The first-order valence-corrected chi connectivity index (χ1v) is 7.04. The van der Waals surface area contributed by atoms with E-state index in [2.05, 4.69) is 31.1 Å². The number of nitrogens with zero attached hydrogens (tertiary/aromatic N) is 2. The van der Waals surface area contributed by atoms with E-state index in [1.807, 2.05) is 30.3 Å². The molecule has 3 N–H and O–H groups in total. The number of hydrogen-bond donors (Lipinski definition) is 2. The van der Waals surface area contributed by atoms with Gasteiger partial charge < -0.3 is 5.73 Å². The van der Waals surface area contributed by atoms with Crippen molar-refractivity contribution < 1.29 is 0 Å². The predicted octanol–water partition coefficient (Wildman–Crippen LogP) is 4.14. The Morgan fingerprint density at radius 3 is 2.65 bits per heavy atom. The lowest BCUT2D eigenvalue weighted by Crippen LogP contribution is -1.89. The number of pyridine rings is 1. The molecule has 6 heteroatoms. The summed E-state index contributed by atoms with van der Waals surface area (Å²) in [6.45, 7) is 0. The number of nitrogens with two attached hydrogens (primary N) is 1. The number of benzene rings is 1. The summed E-state index contributed by atoms with van der Waals surface area (Å²) in [6.07, 6.45) is 3.43. The third-order valence-corrected chi connectivity index (χ3v) is 4.28. The van der Waals surface area contributed by atoms with Crippen LogP contribution in [-0.4, -0.2) is 15.2 Å². The van der Waals surface area contributed by atoms with Crippen molar-refractivity contribution in [3.05, 3.63) is 52.2 Å². The van der Waals surface area contributed by atoms with E-state index in [4.69, 9.17) is 17.3 Å². The zero-order valence-corrected chi connectivity index (χ0v) is 12.6. The second-order valence-corrected chi connectivity index (χ2v) is 5.43. The van der Waals surface area contributed by atoms with Crippen LogP contribution in [-0.2, 0) is 0 Å². The van der Waals surface area contributed by atoms with Crippen LogP contribution in [0, 0.1) is 0 Å². The molecule has 2 aromatic heterocycles. The van der Waals surface area contributed by atoms with Crippen LogP contribution < -0.4 is 5.73 Å². The third-order valence-electron chi connectivity index (χ3n) is 2.98. The highest BCUT2D eigenvalue weighted by Crippen LogP contribution is 2.39. The average Bonchev–Trinajstić information content (AvgIpc) is 2.84. The molecule has 0 amide bonds. The highest BCUT2D eigenvalue weighted by molar-refractivity contribution is 9.10. The van der Waals surface area contributed by atoms with Gasteiger partial charge in [0.25, 0.3) is 0 Å². The number of aromatic amines is 1. The molecule has 0 unspecified atom stereocenters. The van der Waals surface area contributed by atoms with Gasteiger partial charge in [-0.25, -0.2) is 0 Å². The molecule has 0 aliphatic heterocycles. The first-order valence-electron chi connectivity index (χ1n) is 5.87. The van der Waals surface area contributed by atoms with Gasteiger partial charge in [-0.15, -0.1) is 0 Å². The molecule has 2 heterocycles. The van der Waals surface area contributed by atoms with Crippen molar-refractivity contribution in [2.45, 2.75) is 0 Å². The van der Waals surface area contributed by atoms with Gasteiger partial charge in [0.15, 0.2) is 5.82 Å². The third kappa shape index (κ3) is 2.19. The summed E-state index contributed by atoms with van der Waals surface area (Å²) >= 11 is 9.77. The first kappa shape index (κ1) is 13.1. The van der Waals surface area contributed by atoms with Gasteiger partial charge >= 0.3 is 0 Å². The second kappa shape index (κ2) is 5.26. The number of aromatic nitrogens is 3. The van der Waals surface area contributed by atoms with Crippen molar-refractivity contribution in [2.75, 3.05) is 5.73 Å². The summed E-state index contributed by atoms with van der Waals surface area (Å²) in [6, 6.07) is 9.49. The maximum absolute atomic E-state index is 6.35. The van der Waals surface area contributed by atoms with Gasteiger partial charge in [-0.2, -0.15) is 5.10 Å². The quantitative estimate of drug-likeness (QED) is 0.730. The monoisotopic (exact) mass is 348 g/mol. The minimum atomic E-state index is 0.433. The molecule has 1 aromatic carbocycles. The molecule has 0 aliphatic carbocycles. The van der Waals surface area contributed by atoms with E-state index >= 15 is 0 Å². The zero-order valence-electron chi connectivity index (χ0n) is 10.3. The van der Waals surface area contributed by atoms with Crippen LogP contribution in [0.2, 0.25) is 5.02 Å². The topological polar surface area (TPSA) is 67.6 Å². The van der Waals surface area contributed by atoms with Crippen molar-refractivity contribution >= 4 is 33.3 Å². The molecule has 3 rings (SSSR count). The van der Waals surface area contributed by atoms with Crippen molar-refractivity contribution in [1.82, 2.24) is 15.2 Å². The number of anilines is 1. The molecule has 3 aromatic rings. The normalized spacial score (nSPS) is 10.7. The van der Waals surface area contributed by atoms with E-state index in [0.29, 0.717) is 10.8 Å². The largest absolute Gasteiger partial charge is 0.382 e. The van der Waals surface area contributed by atoms with Crippen LogP contribution in [0.15, 0.2) is 47.2 Å². The first-order chi connectivity index (χ1) is 9.68. The Kier molecular flexibility index (Phi) is 3.46. The standard InChI is InChI=1S/C14H10BrClN4/c15-10-3-1-2-9(12(10)16)13-11(14(17)20-19-13)8-4-6-18-7-5-8/h1-7H,(H3,17,19,20). The number of H-pyrrole nitrogens is 1. The fourth-order valence-electron chi connectivity index (χ4n) is 2.06. The van der Waals surface area contributed by atoms with Gasteiger partial charge in [-0.05, 0) is 39.7 Å². The fourth-order valence-corrected chi connectivity index (χ4v) is 2.65. The van der Waals surface area contributed by atoms with E-state index in [1.165, 1.54) is 0 Å². The second-order valence-electron chi connectivity index (χ2n) is 4.20. The minimum Gasteiger partial charge on any atom is -0.382 e. The molecular weight excluding hydrogens is 340 g/mol. The zero-order chi connectivity index (χ0) is 14.1. The fraction of sp³-hybridized carbons (Fsp3) is 0. The van der Waals surface area contributed by atoms with Gasteiger partial charge in [0.05, 0.1) is 16.3 Å². The lowest BCUT2D eigenvalue weighted by molar-refractivity contribution is 1.10. The summed E-state index contributed by atoms with van der Waals surface area (Å²) in [5.74, 6) is 0.433. The lowest BCUT2D eigenvalue weighted by atomic mass is 10.0. The smallest absolute Gasteiger partial charge is 0.153 e. The highest BCUT2D eigenvalue weighted by atomic mass is 79.9. The number of nitrogen functional groups attached to an aromatic ring is 1. The van der Waals surface area contributed by atoms with E-state index < -0.39 is 0 Å². The van der Waals surface area contributed by atoms with Crippen LogP contribution in [0.4, 0.5) is 5.82 Å². The van der Waals surface area contributed by atoms with Crippen molar-refractivity contribution in [1.29, 1.82) is 0 Å². The number of halogens is 2.